The second-order valence-corrected chi connectivity index (χ2v) is 4.45. The molecule has 0 aromatic heterocycles. The van der Waals surface area contributed by atoms with Crippen LogP contribution in [0, 0.1) is 17.6 Å². The summed E-state index contributed by atoms with van der Waals surface area (Å²) in [6, 6.07) is 2.08. The highest BCUT2D eigenvalue weighted by Gasteiger charge is 2.32. The number of methoxy groups -OCH3 is 1. The van der Waals surface area contributed by atoms with Crippen LogP contribution in [-0.4, -0.2) is 25.5 Å². The van der Waals surface area contributed by atoms with Crippen LogP contribution in [0.25, 0.3) is 0 Å². The molecule has 1 amide bonds. The second kappa shape index (κ2) is 5.40. The fourth-order valence-corrected chi connectivity index (χ4v) is 2.17. The summed E-state index contributed by atoms with van der Waals surface area (Å²) in [6.07, 6.45) is 1.83. The number of amides is 1. The van der Waals surface area contributed by atoms with E-state index in [1.807, 2.05) is 0 Å². The molecule has 0 saturated carbocycles. The molecule has 1 heterocycles. The molecule has 0 spiro atoms. The van der Waals surface area contributed by atoms with E-state index in [0.717, 1.165) is 19.2 Å². The minimum Gasteiger partial charge on any atom is -0.465 e. The maximum Gasteiger partial charge on any atom is 0.343 e. The van der Waals surface area contributed by atoms with Gasteiger partial charge in [0.25, 0.3) is 0 Å². The average molecular weight is 281 g/mol. The fraction of sp³-hybridized carbons (Fsp3) is 0.286. The van der Waals surface area contributed by atoms with Gasteiger partial charge < -0.3 is 9.64 Å². The van der Waals surface area contributed by atoms with E-state index in [4.69, 9.17) is 0 Å². The van der Waals surface area contributed by atoms with Crippen LogP contribution in [0.5, 0.6) is 0 Å². The van der Waals surface area contributed by atoms with Gasteiger partial charge in [-0.1, -0.05) is 6.08 Å². The lowest BCUT2D eigenvalue weighted by atomic mass is 10.1. The maximum atomic E-state index is 14.3. The van der Waals surface area contributed by atoms with Gasteiger partial charge in [-0.2, -0.15) is 0 Å². The van der Waals surface area contributed by atoms with Gasteiger partial charge >= 0.3 is 5.97 Å². The van der Waals surface area contributed by atoms with Crippen molar-refractivity contribution in [2.75, 3.05) is 18.6 Å². The number of halogens is 2. The smallest absolute Gasteiger partial charge is 0.343 e. The lowest BCUT2D eigenvalue weighted by Gasteiger charge is -2.18. The van der Waals surface area contributed by atoms with Gasteiger partial charge in [-0.3, -0.25) is 4.79 Å². The first-order chi connectivity index (χ1) is 9.49. The molecule has 0 bridgehead atoms. The van der Waals surface area contributed by atoms with E-state index < -0.39 is 23.2 Å². The van der Waals surface area contributed by atoms with Gasteiger partial charge in [-0.15, -0.1) is 6.58 Å². The summed E-state index contributed by atoms with van der Waals surface area (Å²) >= 11 is 0. The van der Waals surface area contributed by atoms with Crippen molar-refractivity contribution in [3.8, 4) is 0 Å². The molecule has 106 valence electrons. The van der Waals surface area contributed by atoms with Crippen LogP contribution in [0.4, 0.5) is 14.5 Å². The summed E-state index contributed by atoms with van der Waals surface area (Å²) in [7, 11) is 1.03. The zero-order valence-corrected chi connectivity index (χ0v) is 10.9. The van der Waals surface area contributed by atoms with Crippen LogP contribution >= 0.6 is 0 Å². The van der Waals surface area contributed by atoms with E-state index in [1.54, 1.807) is 6.08 Å². The van der Waals surface area contributed by atoms with Crippen molar-refractivity contribution >= 4 is 17.6 Å². The third-order valence-electron chi connectivity index (χ3n) is 3.24. The summed E-state index contributed by atoms with van der Waals surface area (Å²) in [6.45, 7) is 3.85. The van der Waals surface area contributed by atoms with Crippen molar-refractivity contribution in [1.82, 2.24) is 0 Å². The summed E-state index contributed by atoms with van der Waals surface area (Å²) in [5, 5.41) is 0. The number of benzene rings is 1. The van der Waals surface area contributed by atoms with E-state index in [2.05, 4.69) is 11.3 Å². The Morgan fingerprint density at radius 3 is 2.75 bits per heavy atom. The molecule has 0 aliphatic carbocycles. The van der Waals surface area contributed by atoms with E-state index in [1.165, 1.54) is 4.90 Å². The van der Waals surface area contributed by atoms with Crippen molar-refractivity contribution in [3.05, 3.63) is 42.0 Å². The molecule has 1 aliphatic rings. The van der Waals surface area contributed by atoms with Crippen molar-refractivity contribution in [3.63, 3.8) is 0 Å². The third-order valence-corrected chi connectivity index (χ3v) is 3.24. The fourth-order valence-electron chi connectivity index (χ4n) is 2.17. The summed E-state index contributed by atoms with van der Waals surface area (Å²) in [4.78, 5) is 24.4. The molecule has 20 heavy (non-hydrogen) atoms. The van der Waals surface area contributed by atoms with Crippen molar-refractivity contribution in [2.45, 2.75) is 6.42 Å². The first-order valence-electron chi connectivity index (χ1n) is 5.98. The van der Waals surface area contributed by atoms with Crippen molar-refractivity contribution in [1.29, 1.82) is 0 Å². The molecule has 1 fully saturated rings. The van der Waals surface area contributed by atoms with Gasteiger partial charge in [-0.25, -0.2) is 13.6 Å². The zero-order valence-electron chi connectivity index (χ0n) is 10.9. The normalized spacial score (nSPS) is 18.2. The van der Waals surface area contributed by atoms with Gasteiger partial charge in [0.2, 0.25) is 5.91 Å². The Morgan fingerprint density at radius 2 is 2.20 bits per heavy atom. The van der Waals surface area contributed by atoms with Crippen LogP contribution in [-0.2, 0) is 9.53 Å². The first kappa shape index (κ1) is 14.2. The largest absolute Gasteiger partial charge is 0.465 e. The molecular weight excluding hydrogens is 268 g/mol. The molecule has 0 N–H and O–H groups in total. The van der Waals surface area contributed by atoms with Crippen LogP contribution in [0.1, 0.15) is 16.8 Å². The lowest BCUT2D eigenvalue weighted by Crippen LogP contribution is -2.26. The molecule has 2 rings (SSSR count). The van der Waals surface area contributed by atoms with Crippen molar-refractivity contribution < 1.29 is 23.1 Å². The summed E-state index contributed by atoms with van der Waals surface area (Å²) in [5.41, 5.74) is -0.916. The molecule has 1 aromatic rings. The quantitative estimate of drug-likeness (QED) is 0.631. The number of hydrogen-bond donors (Lipinski definition) is 0. The standard InChI is InChI=1S/C14H13F2NO3/c1-3-8-6-11(18)17(7-8)10-5-4-9(15)12(13(10)16)14(19)20-2/h3-5,8H,1,6-7H2,2H3. The molecule has 1 unspecified atom stereocenters. The highest BCUT2D eigenvalue weighted by atomic mass is 19.1. The third kappa shape index (κ3) is 2.29. The second-order valence-electron chi connectivity index (χ2n) is 4.45. The monoisotopic (exact) mass is 281 g/mol. The Kier molecular flexibility index (Phi) is 3.83. The van der Waals surface area contributed by atoms with E-state index in [9.17, 15) is 18.4 Å². The lowest BCUT2D eigenvalue weighted by molar-refractivity contribution is -0.117. The van der Waals surface area contributed by atoms with E-state index in [0.29, 0.717) is 0 Å². The number of esters is 1. The highest BCUT2D eigenvalue weighted by Crippen LogP contribution is 2.30. The van der Waals surface area contributed by atoms with Crippen molar-refractivity contribution in [2.24, 2.45) is 5.92 Å². The SMILES string of the molecule is C=CC1CC(=O)N(c2ccc(F)c(C(=O)OC)c2F)C1. The maximum absolute atomic E-state index is 14.3. The molecule has 1 aliphatic heterocycles. The number of hydrogen-bond acceptors (Lipinski definition) is 3. The van der Waals surface area contributed by atoms with Crippen LogP contribution in [0.3, 0.4) is 0 Å². The van der Waals surface area contributed by atoms with Gasteiger partial charge in [-0.05, 0) is 12.1 Å². The van der Waals surface area contributed by atoms with Gasteiger partial charge in [0.15, 0.2) is 5.82 Å². The number of ether oxygens (including phenoxy) is 1. The van der Waals surface area contributed by atoms with Gasteiger partial charge in [0.1, 0.15) is 11.4 Å². The molecule has 1 saturated heterocycles. The number of anilines is 1. The first-order valence-corrected chi connectivity index (χ1v) is 5.98. The van der Waals surface area contributed by atoms with Gasteiger partial charge in [0.05, 0.1) is 12.8 Å². The Hall–Kier alpha value is -2.24. The molecule has 1 atom stereocenters. The molecule has 6 heteroatoms. The number of rotatable bonds is 3. The van der Waals surface area contributed by atoms with E-state index >= 15 is 0 Å². The molecule has 1 aromatic carbocycles. The molecule has 4 nitrogen and oxygen atoms in total. The number of carbonyl (C=O) groups excluding carboxylic acids is 2. The summed E-state index contributed by atoms with van der Waals surface area (Å²) in [5.74, 6) is -3.61. The van der Waals surface area contributed by atoms with Crippen LogP contribution in [0.15, 0.2) is 24.8 Å². The summed E-state index contributed by atoms with van der Waals surface area (Å²) < 4.78 is 32.1. The zero-order chi connectivity index (χ0) is 14.9. The Morgan fingerprint density at radius 1 is 1.50 bits per heavy atom. The topological polar surface area (TPSA) is 46.6 Å². The number of carbonyl (C=O) groups is 2. The molecular formula is C14H13F2NO3. The molecule has 0 radical (unpaired) electrons. The minimum atomic E-state index is -1.12. The number of nitrogens with zero attached hydrogens (tertiary/aromatic N) is 1. The predicted molar refractivity (Wildman–Crippen MR) is 68.4 cm³/mol. The highest BCUT2D eigenvalue weighted by molar-refractivity contribution is 5.98. The Labute approximate surface area is 114 Å². The van der Waals surface area contributed by atoms with Gasteiger partial charge in [0, 0.05) is 18.9 Å². The predicted octanol–water partition coefficient (Wildman–Crippen LogP) is 2.29. The van der Waals surface area contributed by atoms with Crippen LogP contribution < -0.4 is 4.90 Å². The Balaban J connectivity index is 2.46. The Bertz CT molecular complexity index is 586. The van der Waals surface area contributed by atoms with E-state index in [-0.39, 0.29) is 30.5 Å². The van der Waals surface area contributed by atoms with Crippen LogP contribution in [0.2, 0.25) is 0 Å². The average Bonchev–Trinajstić information content (AvgIpc) is 2.80. The minimum absolute atomic E-state index is 0.0893.